The highest BCUT2D eigenvalue weighted by Crippen LogP contribution is 2.46. The monoisotopic (exact) mass is 410 g/mol. The van der Waals surface area contributed by atoms with Gasteiger partial charge in [0.15, 0.2) is 0 Å². The first-order valence-electron chi connectivity index (χ1n) is 12.7. The molecule has 29 heavy (non-hydrogen) atoms. The highest BCUT2D eigenvalue weighted by Gasteiger charge is 2.50. The molecule has 1 rings (SSSR count). The van der Waals surface area contributed by atoms with Crippen molar-refractivity contribution in [1.29, 1.82) is 0 Å². The van der Waals surface area contributed by atoms with Crippen LogP contribution in [0.3, 0.4) is 0 Å². The Morgan fingerprint density at radius 2 is 1.38 bits per heavy atom. The topological polar surface area (TPSA) is 66.1 Å². The van der Waals surface area contributed by atoms with E-state index in [1.165, 1.54) is 25.7 Å². The van der Waals surface area contributed by atoms with Crippen molar-refractivity contribution in [2.45, 2.75) is 117 Å². The van der Waals surface area contributed by atoms with Crippen molar-refractivity contribution in [2.75, 3.05) is 26.2 Å². The summed E-state index contributed by atoms with van der Waals surface area (Å²) in [4.78, 5) is 12.8. The van der Waals surface area contributed by atoms with Crippen LogP contribution in [0.25, 0.3) is 0 Å². The Hall–Kier alpha value is -0.610. The van der Waals surface area contributed by atoms with E-state index in [1.54, 1.807) is 0 Å². The van der Waals surface area contributed by atoms with Gasteiger partial charge < -0.3 is 20.1 Å². The fourth-order valence-electron chi connectivity index (χ4n) is 6.02. The van der Waals surface area contributed by atoms with Crippen LogP contribution in [-0.4, -0.2) is 42.7 Å². The second-order valence-corrected chi connectivity index (χ2v) is 9.73. The molecule has 0 heterocycles. The summed E-state index contributed by atoms with van der Waals surface area (Å²) in [5, 5.41) is 12.8. The minimum Gasteiger partial charge on any atom is -0.550 e. The van der Waals surface area contributed by atoms with Gasteiger partial charge in [0.2, 0.25) is 0 Å². The van der Waals surface area contributed by atoms with E-state index >= 15 is 0 Å². The van der Waals surface area contributed by atoms with Gasteiger partial charge in [-0.1, -0.05) is 72.6 Å². The largest absolute Gasteiger partial charge is 0.550 e. The Morgan fingerprint density at radius 1 is 0.897 bits per heavy atom. The molecule has 2 unspecified atom stereocenters. The first-order chi connectivity index (χ1) is 14.0. The van der Waals surface area contributed by atoms with Gasteiger partial charge in [-0.3, -0.25) is 0 Å². The molecule has 172 valence electrons. The second kappa shape index (κ2) is 13.6. The summed E-state index contributed by atoms with van der Waals surface area (Å²) in [6.45, 7) is 12.8. The Bertz CT molecular complexity index is 424. The average molecular weight is 411 g/mol. The van der Waals surface area contributed by atoms with Gasteiger partial charge in [0.1, 0.15) is 0 Å². The highest BCUT2D eigenvalue weighted by atomic mass is 16.4. The van der Waals surface area contributed by atoms with Crippen LogP contribution in [0.2, 0.25) is 0 Å². The van der Waals surface area contributed by atoms with Gasteiger partial charge in [-0.05, 0) is 50.5 Å². The number of unbranched alkanes of at least 4 members (excludes halogenated alkanes) is 3. The molecule has 1 saturated carbocycles. The summed E-state index contributed by atoms with van der Waals surface area (Å²) >= 11 is 0. The molecule has 2 atom stereocenters. The molecule has 0 aromatic carbocycles. The first-order valence-corrected chi connectivity index (χ1v) is 12.7. The standard InChI is InChI=1S/C25H50N2O2/c1-5-9-18-27(19-10-6-2,20-11-7-3)22(15-8-4)23(24(28)29)25(21-26)16-13-12-14-17-25/h22-23H,5-21,26H2,1-4H3. The lowest BCUT2D eigenvalue weighted by atomic mass is 9.62. The quantitative estimate of drug-likeness (QED) is 0.377. The second-order valence-electron chi connectivity index (χ2n) is 9.73. The Kier molecular flexibility index (Phi) is 12.4. The number of carbonyl (C=O) groups excluding carboxylic acids is 1. The van der Waals surface area contributed by atoms with Crippen LogP contribution in [0.1, 0.15) is 111 Å². The van der Waals surface area contributed by atoms with E-state index < -0.39 is 11.9 Å². The van der Waals surface area contributed by atoms with Gasteiger partial charge in [-0.25, -0.2) is 0 Å². The molecule has 1 fully saturated rings. The van der Waals surface area contributed by atoms with E-state index in [4.69, 9.17) is 5.73 Å². The molecule has 1 aliphatic carbocycles. The fourth-order valence-corrected chi connectivity index (χ4v) is 6.02. The van der Waals surface area contributed by atoms with Gasteiger partial charge in [-0.2, -0.15) is 0 Å². The molecule has 0 aromatic rings. The Labute approximate surface area is 181 Å². The van der Waals surface area contributed by atoms with Crippen molar-refractivity contribution >= 4 is 5.97 Å². The van der Waals surface area contributed by atoms with Crippen molar-refractivity contribution in [1.82, 2.24) is 0 Å². The highest BCUT2D eigenvalue weighted by molar-refractivity contribution is 5.69. The van der Waals surface area contributed by atoms with E-state index in [0.29, 0.717) is 6.54 Å². The van der Waals surface area contributed by atoms with E-state index in [0.717, 1.165) is 81.9 Å². The number of carboxylic acid groups (broad SMARTS) is 1. The molecule has 4 nitrogen and oxygen atoms in total. The van der Waals surface area contributed by atoms with Crippen LogP contribution >= 0.6 is 0 Å². The minimum atomic E-state index is -0.831. The van der Waals surface area contributed by atoms with E-state index in [9.17, 15) is 9.90 Å². The number of aliphatic carboxylic acids is 1. The maximum atomic E-state index is 12.8. The third kappa shape index (κ3) is 6.95. The van der Waals surface area contributed by atoms with Crippen LogP contribution in [0.4, 0.5) is 0 Å². The van der Waals surface area contributed by atoms with Gasteiger partial charge in [0, 0.05) is 0 Å². The van der Waals surface area contributed by atoms with Gasteiger partial charge >= 0.3 is 0 Å². The number of carboxylic acids is 1. The molecular weight excluding hydrogens is 360 g/mol. The molecule has 0 aliphatic heterocycles. The maximum absolute atomic E-state index is 12.8. The summed E-state index contributed by atoms with van der Waals surface area (Å²) in [5.41, 5.74) is 6.08. The van der Waals surface area contributed by atoms with Gasteiger partial charge in [0.25, 0.3) is 0 Å². The molecule has 0 aromatic heterocycles. The fraction of sp³-hybridized carbons (Fsp3) is 0.960. The molecular formula is C25H50N2O2. The van der Waals surface area contributed by atoms with Crippen LogP contribution < -0.4 is 10.8 Å². The summed E-state index contributed by atoms with van der Waals surface area (Å²) < 4.78 is 0.976. The third-order valence-corrected chi connectivity index (χ3v) is 7.71. The Balaban J connectivity index is 3.46. The first kappa shape index (κ1) is 26.4. The van der Waals surface area contributed by atoms with Crippen molar-refractivity contribution in [3.8, 4) is 0 Å². The third-order valence-electron chi connectivity index (χ3n) is 7.71. The van der Waals surface area contributed by atoms with Crippen LogP contribution in [-0.2, 0) is 4.79 Å². The number of rotatable bonds is 16. The zero-order valence-corrected chi connectivity index (χ0v) is 20.0. The molecule has 0 bridgehead atoms. The summed E-state index contributed by atoms with van der Waals surface area (Å²) in [7, 11) is 0. The van der Waals surface area contributed by atoms with Crippen molar-refractivity contribution in [3.05, 3.63) is 0 Å². The van der Waals surface area contributed by atoms with Gasteiger partial charge in [-0.15, -0.1) is 0 Å². The number of quaternary nitrogens is 1. The number of hydrogen-bond acceptors (Lipinski definition) is 3. The summed E-state index contributed by atoms with van der Waals surface area (Å²) in [6, 6.07) is 0.135. The number of carbonyl (C=O) groups is 1. The SMILES string of the molecule is CCCC[N+](CCCC)(CCCC)C(CCC)C(C(=O)[O-])C1(CN)CCCCC1. The normalized spacial score (nSPS) is 19.1. The van der Waals surface area contributed by atoms with E-state index in [2.05, 4.69) is 27.7 Å². The Morgan fingerprint density at radius 3 is 1.72 bits per heavy atom. The van der Waals surface area contributed by atoms with Crippen LogP contribution in [0.15, 0.2) is 0 Å². The molecule has 0 radical (unpaired) electrons. The summed E-state index contributed by atoms with van der Waals surface area (Å²) in [6.07, 6.45) is 14.3. The van der Waals surface area contributed by atoms with Crippen LogP contribution in [0.5, 0.6) is 0 Å². The lowest BCUT2D eigenvalue weighted by molar-refractivity contribution is -0.956. The van der Waals surface area contributed by atoms with E-state index in [-0.39, 0.29) is 11.5 Å². The number of hydrogen-bond donors (Lipinski definition) is 1. The average Bonchev–Trinajstić information content (AvgIpc) is 2.73. The predicted octanol–water partition coefficient (Wildman–Crippen LogP) is 4.65. The zero-order valence-electron chi connectivity index (χ0n) is 20.0. The van der Waals surface area contributed by atoms with Crippen molar-refractivity contribution < 1.29 is 14.4 Å². The van der Waals surface area contributed by atoms with Crippen LogP contribution in [0, 0.1) is 11.3 Å². The smallest absolute Gasteiger partial charge is 0.0977 e. The number of nitrogens with two attached hydrogens (primary N) is 1. The lowest BCUT2D eigenvalue weighted by Crippen LogP contribution is -2.66. The maximum Gasteiger partial charge on any atom is 0.0977 e. The summed E-state index contributed by atoms with van der Waals surface area (Å²) in [5.74, 6) is -1.25. The van der Waals surface area contributed by atoms with Crippen molar-refractivity contribution in [2.24, 2.45) is 17.1 Å². The zero-order chi connectivity index (χ0) is 21.8. The molecule has 0 spiro atoms. The lowest BCUT2D eigenvalue weighted by Gasteiger charge is -2.54. The molecule has 0 saturated heterocycles. The van der Waals surface area contributed by atoms with Gasteiger partial charge in [0.05, 0.1) is 37.6 Å². The molecule has 4 heteroatoms. The minimum absolute atomic E-state index is 0.135. The van der Waals surface area contributed by atoms with Crippen molar-refractivity contribution in [3.63, 3.8) is 0 Å². The molecule has 2 N–H and O–H groups in total. The van der Waals surface area contributed by atoms with E-state index in [1.807, 2.05) is 0 Å². The number of nitrogens with zero attached hydrogens (tertiary/aromatic N) is 1. The molecule has 0 amide bonds. The predicted molar refractivity (Wildman–Crippen MR) is 121 cm³/mol. The molecule has 1 aliphatic rings.